The summed E-state index contributed by atoms with van der Waals surface area (Å²) < 4.78 is 6.00. The molecule has 3 rings (SSSR count). The topological polar surface area (TPSA) is 90.3 Å². The zero-order valence-electron chi connectivity index (χ0n) is 22.1. The third-order valence-corrected chi connectivity index (χ3v) is 6.04. The fourth-order valence-electron chi connectivity index (χ4n) is 3.95. The number of amides is 1. The lowest BCUT2D eigenvalue weighted by Gasteiger charge is -2.20. The van der Waals surface area contributed by atoms with Gasteiger partial charge in [0, 0.05) is 36.8 Å². The minimum Gasteiger partial charge on any atom is -0.469 e. The molecule has 0 aliphatic heterocycles. The van der Waals surface area contributed by atoms with Crippen LogP contribution in [0.4, 0.5) is 0 Å². The monoisotopic (exact) mass is 491 g/mol. The van der Waals surface area contributed by atoms with Gasteiger partial charge in [-0.1, -0.05) is 37.6 Å². The molecule has 0 bridgehead atoms. The van der Waals surface area contributed by atoms with Crippen molar-refractivity contribution in [3.63, 3.8) is 0 Å². The number of aromatic nitrogens is 2. The van der Waals surface area contributed by atoms with Crippen LogP contribution in [0.5, 0.6) is 0 Å². The molecule has 2 heterocycles. The highest BCUT2D eigenvalue weighted by Crippen LogP contribution is 2.25. The average Bonchev–Trinajstić information content (AvgIpc) is 2.86. The summed E-state index contributed by atoms with van der Waals surface area (Å²) >= 11 is 0. The Morgan fingerprint density at radius 3 is 2.31 bits per heavy atom. The van der Waals surface area contributed by atoms with Gasteiger partial charge in [-0.3, -0.25) is 19.4 Å². The first-order valence-corrected chi connectivity index (χ1v) is 12.2. The van der Waals surface area contributed by atoms with Crippen LogP contribution in [0.25, 0.3) is 11.1 Å². The van der Waals surface area contributed by atoms with Crippen molar-refractivity contribution in [2.45, 2.75) is 59.9 Å². The Morgan fingerprint density at radius 1 is 1.03 bits per heavy atom. The number of methoxy groups -OCH3 is 1. The van der Waals surface area contributed by atoms with Gasteiger partial charge in [0.15, 0.2) is 0 Å². The summed E-state index contributed by atoms with van der Waals surface area (Å²) in [5.74, 6) is -0.633. The molecule has 7 nitrogen and oxygen atoms in total. The highest BCUT2D eigenvalue weighted by molar-refractivity contribution is 5.81. The number of carbonyl (C=O) groups excluding carboxylic acids is 2. The number of hydrogen-bond acceptors (Lipinski definition) is 5. The van der Waals surface area contributed by atoms with Crippen LogP contribution in [-0.2, 0) is 14.3 Å². The van der Waals surface area contributed by atoms with Crippen molar-refractivity contribution in [1.82, 2.24) is 14.9 Å². The molecule has 0 spiro atoms. The number of ether oxygens (including phenoxy) is 1. The number of rotatable bonds is 8. The van der Waals surface area contributed by atoms with Crippen LogP contribution < -0.4 is 10.9 Å². The minimum atomic E-state index is -0.561. The van der Waals surface area contributed by atoms with E-state index in [1.165, 1.54) is 33.9 Å². The van der Waals surface area contributed by atoms with E-state index in [1.807, 2.05) is 33.0 Å². The van der Waals surface area contributed by atoms with E-state index in [0.29, 0.717) is 6.42 Å². The predicted octanol–water partition coefficient (Wildman–Crippen LogP) is 4.85. The minimum absolute atomic E-state index is 0.114. The Kier molecular flexibility index (Phi) is 11.1. The predicted molar refractivity (Wildman–Crippen MR) is 143 cm³/mol. The van der Waals surface area contributed by atoms with Crippen LogP contribution in [0.15, 0.2) is 59.8 Å². The molecular weight excluding hydrogens is 454 g/mol. The summed E-state index contributed by atoms with van der Waals surface area (Å²) in [5.41, 5.74) is 6.79. The number of aryl methyl sites for hydroxylation is 4. The molecule has 1 amide bonds. The number of hydrogen-bond donors (Lipinski definition) is 1. The Labute approximate surface area is 213 Å². The maximum atomic E-state index is 12.3. The van der Waals surface area contributed by atoms with E-state index in [4.69, 9.17) is 0 Å². The SMILES string of the molecule is CCCC(C(=O)NCCC(=O)OC)n1cc(C)c(C)cc1=O.Cc1cccc(C)c1-c1cccnc1. The summed E-state index contributed by atoms with van der Waals surface area (Å²) in [6.45, 7) is 10.2. The number of nitrogens with one attached hydrogen (secondary N) is 1. The third-order valence-electron chi connectivity index (χ3n) is 6.04. The molecule has 1 unspecified atom stereocenters. The average molecular weight is 492 g/mol. The first-order valence-electron chi connectivity index (χ1n) is 12.2. The lowest BCUT2D eigenvalue weighted by atomic mass is 9.97. The summed E-state index contributed by atoms with van der Waals surface area (Å²) in [7, 11) is 1.30. The summed E-state index contributed by atoms with van der Waals surface area (Å²) in [6, 6.07) is 11.4. The third kappa shape index (κ3) is 7.90. The van der Waals surface area contributed by atoms with Gasteiger partial charge < -0.3 is 14.6 Å². The molecule has 0 fully saturated rings. The fourth-order valence-corrected chi connectivity index (χ4v) is 3.95. The molecule has 1 aromatic carbocycles. The number of benzene rings is 1. The van der Waals surface area contributed by atoms with Gasteiger partial charge in [-0.25, -0.2) is 0 Å². The van der Waals surface area contributed by atoms with E-state index < -0.39 is 6.04 Å². The molecule has 0 aliphatic carbocycles. The van der Waals surface area contributed by atoms with E-state index in [2.05, 4.69) is 53.2 Å². The van der Waals surface area contributed by atoms with Gasteiger partial charge in [-0.05, 0) is 68.0 Å². The normalized spacial score (nSPS) is 11.2. The van der Waals surface area contributed by atoms with Gasteiger partial charge in [-0.2, -0.15) is 0 Å². The second-order valence-electron chi connectivity index (χ2n) is 8.82. The number of nitrogens with zero attached hydrogens (tertiary/aromatic N) is 2. The highest BCUT2D eigenvalue weighted by Gasteiger charge is 2.21. The fraction of sp³-hybridized carbons (Fsp3) is 0.379. The Morgan fingerprint density at radius 2 is 1.72 bits per heavy atom. The summed E-state index contributed by atoms with van der Waals surface area (Å²) in [4.78, 5) is 39.7. The van der Waals surface area contributed by atoms with Crippen molar-refractivity contribution in [3.8, 4) is 11.1 Å². The van der Waals surface area contributed by atoms with Gasteiger partial charge in [0.05, 0.1) is 13.5 Å². The van der Waals surface area contributed by atoms with Gasteiger partial charge in [-0.15, -0.1) is 0 Å². The van der Waals surface area contributed by atoms with Gasteiger partial charge in [0.2, 0.25) is 5.91 Å². The maximum absolute atomic E-state index is 12.3. The lowest BCUT2D eigenvalue weighted by molar-refractivity contribution is -0.140. The molecule has 1 atom stereocenters. The van der Waals surface area contributed by atoms with Gasteiger partial charge in [0.25, 0.3) is 5.56 Å². The van der Waals surface area contributed by atoms with E-state index in [1.54, 1.807) is 18.5 Å². The van der Waals surface area contributed by atoms with Crippen molar-refractivity contribution in [2.75, 3.05) is 13.7 Å². The van der Waals surface area contributed by atoms with Crippen LogP contribution in [0, 0.1) is 27.7 Å². The van der Waals surface area contributed by atoms with Gasteiger partial charge >= 0.3 is 5.97 Å². The molecule has 0 aliphatic rings. The molecule has 36 heavy (non-hydrogen) atoms. The Hall–Kier alpha value is -3.74. The van der Waals surface area contributed by atoms with E-state index >= 15 is 0 Å². The molecule has 2 aromatic heterocycles. The zero-order chi connectivity index (χ0) is 26.7. The van der Waals surface area contributed by atoms with Crippen LogP contribution in [0.3, 0.4) is 0 Å². The number of esters is 1. The van der Waals surface area contributed by atoms with Crippen molar-refractivity contribution in [1.29, 1.82) is 0 Å². The molecule has 0 radical (unpaired) electrons. The number of pyridine rings is 2. The van der Waals surface area contributed by atoms with Crippen molar-refractivity contribution < 1.29 is 14.3 Å². The molecular formula is C29H37N3O4. The van der Waals surface area contributed by atoms with E-state index in [0.717, 1.165) is 17.5 Å². The van der Waals surface area contributed by atoms with Crippen LogP contribution in [0.2, 0.25) is 0 Å². The highest BCUT2D eigenvalue weighted by atomic mass is 16.5. The van der Waals surface area contributed by atoms with Crippen molar-refractivity contribution in [2.24, 2.45) is 0 Å². The van der Waals surface area contributed by atoms with Crippen molar-refractivity contribution >= 4 is 11.9 Å². The lowest BCUT2D eigenvalue weighted by Crippen LogP contribution is -2.38. The molecule has 7 heteroatoms. The molecule has 1 N–H and O–H groups in total. The smallest absolute Gasteiger partial charge is 0.307 e. The quantitative estimate of drug-likeness (QED) is 0.455. The molecule has 192 valence electrons. The standard InChI is InChI=1S/C16H24N2O4.C13H13N/c1-5-6-13(16(21)17-8-7-15(20)22-4)18-10-12(3)11(2)9-14(18)19;1-10-5-3-6-11(2)13(10)12-7-4-8-14-9-12/h9-10,13H,5-8H2,1-4H3,(H,17,21);3-9H,1-2H3. The Bertz CT molecular complexity index is 1200. The second-order valence-corrected chi connectivity index (χ2v) is 8.82. The van der Waals surface area contributed by atoms with Crippen molar-refractivity contribution in [3.05, 3.63) is 87.6 Å². The second kappa shape index (κ2) is 14.0. The molecule has 3 aromatic rings. The summed E-state index contributed by atoms with van der Waals surface area (Å²) in [5, 5.41) is 2.69. The Balaban J connectivity index is 0.000000278. The van der Waals surface area contributed by atoms with Crippen LogP contribution in [0.1, 0.15) is 54.5 Å². The largest absolute Gasteiger partial charge is 0.469 e. The molecule has 0 saturated heterocycles. The first-order chi connectivity index (χ1) is 17.2. The van der Waals surface area contributed by atoms with E-state index in [9.17, 15) is 14.4 Å². The maximum Gasteiger partial charge on any atom is 0.307 e. The first kappa shape index (κ1) is 28.5. The summed E-state index contributed by atoms with van der Waals surface area (Å²) in [6.07, 6.45) is 6.88. The molecule has 0 saturated carbocycles. The van der Waals surface area contributed by atoms with Gasteiger partial charge in [0.1, 0.15) is 6.04 Å². The van der Waals surface area contributed by atoms with E-state index in [-0.39, 0.29) is 30.4 Å². The zero-order valence-corrected chi connectivity index (χ0v) is 22.1. The van der Waals surface area contributed by atoms with Crippen LogP contribution in [-0.4, -0.2) is 35.1 Å². The number of carbonyl (C=O) groups is 2. The van der Waals surface area contributed by atoms with Crippen LogP contribution >= 0.6 is 0 Å².